The zero-order chi connectivity index (χ0) is 14.0. The molecule has 0 saturated heterocycles. The molecule has 1 aromatic carbocycles. The number of carboxylic acids is 1. The maximum Gasteiger partial charge on any atom is 0.371 e. The van der Waals surface area contributed by atoms with Crippen LogP contribution in [0.1, 0.15) is 21.9 Å². The molecule has 0 unspecified atom stereocenters. The van der Waals surface area contributed by atoms with Crippen LogP contribution in [0, 0.1) is 18.6 Å². The number of halogens is 2. The highest BCUT2D eigenvalue weighted by Gasteiger charge is 2.14. The molecule has 0 spiro atoms. The summed E-state index contributed by atoms with van der Waals surface area (Å²) in [6, 6.07) is 4.75. The van der Waals surface area contributed by atoms with Crippen molar-refractivity contribution in [1.29, 1.82) is 0 Å². The van der Waals surface area contributed by atoms with Crippen molar-refractivity contribution in [3.05, 3.63) is 53.0 Å². The summed E-state index contributed by atoms with van der Waals surface area (Å²) in [4.78, 5) is 11.0. The van der Waals surface area contributed by atoms with Crippen LogP contribution in [0.25, 0.3) is 0 Å². The van der Waals surface area contributed by atoms with Gasteiger partial charge in [0.25, 0.3) is 0 Å². The molecule has 0 aliphatic carbocycles. The number of aromatic carboxylic acids is 1. The number of hydrogen-bond donors (Lipinski definition) is 1. The van der Waals surface area contributed by atoms with Crippen LogP contribution in [-0.4, -0.2) is 11.1 Å². The van der Waals surface area contributed by atoms with Gasteiger partial charge in [-0.3, -0.25) is 0 Å². The molecule has 1 heterocycles. The van der Waals surface area contributed by atoms with Gasteiger partial charge in [-0.05, 0) is 25.1 Å². The van der Waals surface area contributed by atoms with E-state index in [-0.39, 0.29) is 5.76 Å². The second kappa shape index (κ2) is 5.44. The van der Waals surface area contributed by atoms with E-state index in [9.17, 15) is 13.6 Å². The zero-order valence-corrected chi connectivity index (χ0v) is 10.8. The molecule has 0 bridgehead atoms. The number of furan rings is 1. The standard InChI is InChI=1S/C13H10F2O3S/c1-7-8(4-11(18-7)13(16)17)6-19-12-3-2-9(14)5-10(12)15/h2-5H,6H2,1H3,(H,16,17). The predicted molar refractivity (Wildman–Crippen MR) is 66.3 cm³/mol. The molecule has 2 aromatic rings. The Kier molecular flexibility index (Phi) is 3.90. The van der Waals surface area contributed by atoms with Crippen LogP contribution in [0.2, 0.25) is 0 Å². The van der Waals surface area contributed by atoms with Crippen LogP contribution in [-0.2, 0) is 5.75 Å². The van der Waals surface area contributed by atoms with Crippen molar-refractivity contribution in [2.24, 2.45) is 0 Å². The average Bonchev–Trinajstić information content (AvgIpc) is 2.70. The summed E-state index contributed by atoms with van der Waals surface area (Å²) in [5.41, 5.74) is 0.672. The Bertz CT molecular complexity index is 622. The van der Waals surface area contributed by atoms with Crippen molar-refractivity contribution in [3.8, 4) is 0 Å². The summed E-state index contributed by atoms with van der Waals surface area (Å²) < 4.78 is 31.2. The first-order chi connectivity index (χ1) is 8.97. The van der Waals surface area contributed by atoms with Gasteiger partial charge in [0.1, 0.15) is 17.4 Å². The third-order valence-electron chi connectivity index (χ3n) is 2.51. The molecule has 2 rings (SSSR count). The molecule has 0 atom stereocenters. The highest BCUT2D eigenvalue weighted by molar-refractivity contribution is 7.98. The summed E-state index contributed by atoms with van der Waals surface area (Å²) in [7, 11) is 0. The molecule has 0 amide bonds. The van der Waals surface area contributed by atoms with Crippen LogP contribution >= 0.6 is 11.8 Å². The summed E-state index contributed by atoms with van der Waals surface area (Å²) in [6.45, 7) is 1.64. The third kappa shape index (κ3) is 3.14. The lowest BCUT2D eigenvalue weighted by atomic mass is 10.3. The smallest absolute Gasteiger partial charge is 0.371 e. The van der Waals surface area contributed by atoms with Crippen LogP contribution < -0.4 is 0 Å². The Morgan fingerprint density at radius 2 is 2.11 bits per heavy atom. The third-order valence-corrected chi connectivity index (χ3v) is 3.61. The second-order valence-corrected chi connectivity index (χ2v) is 4.88. The average molecular weight is 284 g/mol. The van der Waals surface area contributed by atoms with E-state index >= 15 is 0 Å². The molecule has 0 fully saturated rings. The van der Waals surface area contributed by atoms with E-state index in [0.29, 0.717) is 22.0 Å². The molecular weight excluding hydrogens is 274 g/mol. The molecular formula is C13H10F2O3S. The lowest BCUT2D eigenvalue weighted by Gasteiger charge is -2.02. The number of rotatable bonds is 4. The maximum atomic E-state index is 13.4. The maximum absolute atomic E-state index is 13.4. The summed E-state index contributed by atoms with van der Waals surface area (Å²) in [5, 5.41) is 8.78. The predicted octanol–water partition coefficient (Wildman–Crippen LogP) is 3.86. The number of aryl methyl sites for hydroxylation is 1. The first kappa shape index (κ1) is 13.6. The van der Waals surface area contributed by atoms with Gasteiger partial charge >= 0.3 is 5.97 Å². The lowest BCUT2D eigenvalue weighted by Crippen LogP contribution is -1.91. The Morgan fingerprint density at radius 3 is 2.68 bits per heavy atom. The molecule has 0 saturated carbocycles. The first-order valence-corrected chi connectivity index (χ1v) is 6.36. The Hall–Kier alpha value is -1.82. The molecule has 0 radical (unpaired) electrons. The number of carboxylic acid groups (broad SMARTS) is 1. The van der Waals surface area contributed by atoms with Gasteiger partial charge in [-0.2, -0.15) is 0 Å². The minimum Gasteiger partial charge on any atom is -0.475 e. The highest BCUT2D eigenvalue weighted by Crippen LogP contribution is 2.28. The van der Waals surface area contributed by atoms with Crippen LogP contribution in [0.5, 0.6) is 0 Å². The van der Waals surface area contributed by atoms with Gasteiger partial charge < -0.3 is 9.52 Å². The Morgan fingerprint density at radius 1 is 1.37 bits per heavy atom. The molecule has 1 aromatic heterocycles. The van der Waals surface area contributed by atoms with Crippen LogP contribution in [0.3, 0.4) is 0 Å². The molecule has 0 aliphatic rings. The van der Waals surface area contributed by atoms with E-state index in [2.05, 4.69) is 0 Å². The normalized spacial score (nSPS) is 10.7. The van der Waals surface area contributed by atoms with Gasteiger partial charge in [0.15, 0.2) is 0 Å². The van der Waals surface area contributed by atoms with E-state index < -0.39 is 17.6 Å². The van der Waals surface area contributed by atoms with E-state index in [1.807, 2.05) is 0 Å². The zero-order valence-electron chi connectivity index (χ0n) is 9.94. The SMILES string of the molecule is Cc1oc(C(=O)O)cc1CSc1ccc(F)cc1F. The Balaban J connectivity index is 2.12. The summed E-state index contributed by atoms with van der Waals surface area (Å²) >= 11 is 1.15. The Labute approximate surface area is 112 Å². The van der Waals surface area contributed by atoms with Gasteiger partial charge in [-0.15, -0.1) is 11.8 Å². The number of hydrogen-bond acceptors (Lipinski definition) is 3. The fraction of sp³-hybridized carbons (Fsp3) is 0.154. The van der Waals surface area contributed by atoms with Crippen molar-refractivity contribution in [3.63, 3.8) is 0 Å². The van der Waals surface area contributed by atoms with Gasteiger partial charge in [0.05, 0.1) is 0 Å². The van der Waals surface area contributed by atoms with Crippen molar-refractivity contribution in [1.82, 2.24) is 0 Å². The summed E-state index contributed by atoms with van der Waals surface area (Å²) in [5.74, 6) is -1.72. The molecule has 100 valence electrons. The molecule has 1 N–H and O–H groups in total. The van der Waals surface area contributed by atoms with Crippen LogP contribution in [0.15, 0.2) is 33.6 Å². The van der Waals surface area contributed by atoms with Gasteiger partial charge in [-0.1, -0.05) is 0 Å². The van der Waals surface area contributed by atoms with Crippen molar-refractivity contribution in [2.75, 3.05) is 0 Å². The van der Waals surface area contributed by atoms with E-state index in [1.165, 1.54) is 18.2 Å². The van der Waals surface area contributed by atoms with Gasteiger partial charge in [0, 0.05) is 22.3 Å². The van der Waals surface area contributed by atoms with Crippen molar-refractivity contribution in [2.45, 2.75) is 17.6 Å². The molecule has 6 heteroatoms. The van der Waals surface area contributed by atoms with Gasteiger partial charge in [-0.25, -0.2) is 13.6 Å². The van der Waals surface area contributed by atoms with E-state index in [1.54, 1.807) is 6.92 Å². The second-order valence-electron chi connectivity index (χ2n) is 3.86. The first-order valence-electron chi connectivity index (χ1n) is 5.38. The molecule has 19 heavy (non-hydrogen) atoms. The lowest BCUT2D eigenvalue weighted by molar-refractivity contribution is 0.0661. The van der Waals surface area contributed by atoms with Crippen molar-refractivity contribution >= 4 is 17.7 Å². The van der Waals surface area contributed by atoms with E-state index in [4.69, 9.17) is 9.52 Å². The van der Waals surface area contributed by atoms with E-state index in [0.717, 1.165) is 17.8 Å². The monoisotopic (exact) mass is 284 g/mol. The molecule has 0 aliphatic heterocycles. The minimum absolute atomic E-state index is 0.146. The fourth-order valence-electron chi connectivity index (χ4n) is 1.52. The topological polar surface area (TPSA) is 50.4 Å². The molecule has 3 nitrogen and oxygen atoms in total. The number of carbonyl (C=O) groups is 1. The van der Waals surface area contributed by atoms with Crippen LogP contribution in [0.4, 0.5) is 8.78 Å². The van der Waals surface area contributed by atoms with Crippen molar-refractivity contribution < 1.29 is 23.1 Å². The quantitative estimate of drug-likeness (QED) is 0.866. The minimum atomic E-state index is -1.15. The fourth-order valence-corrected chi connectivity index (χ4v) is 2.47. The number of thioether (sulfide) groups is 1. The summed E-state index contributed by atoms with van der Waals surface area (Å²) in [6.07, 6.45) is 0. The largest absolute Gasteiger partial charge is 0.475 e. The van der Waals surface area contributed by atoms with Gasteiger partial charge in [0.2, 0.25) is 5.76 Å². The number of benzene rings is 1. The highest BCUT2D eigenvalue weighted by atomic mass is 32.2.